The van der Waals surface area contributed by atoms with Crippen molar-refractivity contribution in [2.75, 3.05) is 47.3 Å². The minimum absolute atomic E-state index is 0.0115. The summed E-state index contributed by atoms with van der Waals surface area (Å²) in [5, 5.41) is 4.67. The lowest BCUT2D eigenvalue weighted by Gasteiger charge is -2.25. The highest BCUT2D eigenvalue weighted by molar-refractivity contribution is 5.86. The fraction of sp³-hybridized carbons (Fsp3) is 0.750. The van der Waals surface area contributed by atoms with Crippen molar-refractivity contribution in [1.29, 1.82) is 0 Å². The molecule has 0 fully saturated rings. The van der Waals surface area contributed by atoms with Gasteiger partial charge in [-0.15, -0.1) is 0 Å². The first-order chi connectivity index (χ1) is 14.2. The van der Waals surface area contributed by atoms with Crippen molar-refractivity contribution in [1.82, 2.24) is 25.3 Å². The molecule has 2 N–H and O–H groups in total. The van der Waals surface area contributed by atoms with E-state index in [4.69, 9.17) is 0 Å². The first kappa shape index (κ1) is 27.4. The van der Waals surface area contributed by atoms with Crippen molar-refractivity contribution in [3.63, 3.8) is 0 Å². The van der Waals surface area contributed by atoms with Crippen molar-refractivity contribution in [3.05, 3.63) is 0 Å². The largest absolute Gasteiger partial charge is 0.350 e. The van der Waals surface area contributed by atoms with E-state index in [1.165, 1.54) is 11.9 Å². The highest BCUT2D eigenvalue weighted by Gasteiger charge is 2.16. The maximum absolute atomic E-state index is 12.1. The Kier molecular flexibility index (Phi) is 14.8. The summed E-state index contributed by atoms with van der Waals surface area (Å²) in [6.07, 6.45) is 6.88. The smallest absolute Gasteiger partial charge is 0.242 e. The zero-order valence-corrected chi connectivity index (χ0v) is 18.7. The molecular weight excluding hydrogens is 390 g/mol. The molecule has 172 valence electrons. The van der Waals surface area contributed by atoms with Crippen molar-refractivity contribution in [2.24, 2.45) is 0 Å². The van der Waals surface area contributed by atoms with Crippen LogP contribution in [-0.2, 0) is 24.0 Å². The Bertz CT molecular complexity index is 558. The van der Waals surface area contributed by atoms with Crippen LogP contribution in [0.2, 0.25) is 0 Å². The molecule has 0 aromatic heterocycles. The van der Waals surface area contributed by atoms with Gasteiger partial charge in [-0.25, -0.2) is 0 Å². The Morgan fingerprint density at radius 1 is 0.767 bits per heavy atom. The highest BCUT2D eigenvalue weighted by Crippen LogP contribution is 2.11. The molecule has 0 aliphatic rings. The Morgan fingerprint density at radius 2 is 1.30 bits per heavy atom. The quantitative estimate of drug-likeness (QED) is 0.241. The van der Waals surface area contributed by atoms with E-state index in [1.807, 2.05) is 6.92 Å². The lowest BCUT2D eigenvalue weighted by Crippen LogP contribution is -2.42. The normalized spacial score (nSPS) is 11.2. The number of carbonyl (C=O) groups is 5. The number of nitrogens with zero attached hydrogens (tertiary/aromatic N) is 3. The van der Waals surface area contributed by atoms with E-state index in [9.17, 15) is 24.0 Å². The van der Waals surface area contributed by atoms with Crippen LogP contribution in [0.4, 0.5) is 0 Å². The summed E-state index contributed by atoms with van der Waals surface area (Å²) in [6.45, 7) is 2.52. The third kappa shape index (κ3) is 12.0. The number of nitrogens with one attached hydrogen (secondary N) is 2. The van der Waals surface area contributed by atoms with Crippen molar-refractivity contribution in [3.8, 4) is 0 Å². The molecule has 0 aliphatic heterocycles. The molecular formula is C20H37N5O5. The summed E-state index contributed by atoms with van der Waals surface area (Å²) in [7, 11) is 5.00. The van der Waals surface area contributed by atoms with Crippen LogP contribution in [0.25, 0.3) is 0 Å². The molecule has 0 heterocycles. The van der Waals surface area contributed by atoms with Gasteiger partial charge in [-0.2, -0.15) is 0 Å². The van der Waals surface area contributed by atoms with Gasteiger partial charge < -0.3 is 25.3 Å². The van der Waals surface area contributed by atoms with Gasteiger partial charge in [0.05, 0.1) is 19.6 Å². The summed E-state index contributed by atoms with van der Waals surface area (Å²) < 4.78 is 0. The van der Waals surface area contributed by atoms with Crippen LogP contribution in [0, 0.1) is 0 Å². The molecule has 0 radical (unpaired) electrons. The summed E-state index contributed by atoms with van der Waals surface area (Å²) in [5.74, 6) is -0.553. The van der Waals surface area contributed by atoms with Crippen LogP contribution < -0.4 is 10.6 Å². The summed E-state index contributed by atoms with van der Waals surface area (Å²) in [4.78, 5) is 60.7. The predicted molar refractivity (Wildman–Crippen MR) is 113 cm³/mol. The number of amides is 5. The average molecular weight is 428 g/mol. The molecule has 0 saturated carbocycles. The lowest BCUT2D eigenvalue weighted by molar-refractivity contribution is -0.138. The molecule has 30 heavy (non-hydrogen) atoms. The van der Waals surface area contributed by atoms with E-state index in [-0.39, 0.29) is 43.4 Å². The van der Waals surface area contributed by atoms with Gasteiger partial charge in [-0.05, 0) is 19.8 Å². The number of likely N-dealkylation sites (N-methyl/N-ethyl adjacent to an activating group) is 3. The van der Waals surface area contributed by atoms with Gasteiger partial charge in [0.25, 0.3) is 0 Å². The Hall–Kier alpha value is -2.65. The number of hydrogen-bond acceptors (Lipinski definition) is 5. The fourth-order valence-electron chi connectivity index (χ4n) is 2.81. The van der Waals surface area contributed by atoms with Crippen LogP contribution in [-0.4, -0.2) is 98.6 Å². The summed E-state index contributed by atoms with van der Waals surface area (Å²) >= 11 is 0. The molecule has 0 aliphatic carbocycles. The molecule has 0 aromatic rings. The minimum atomic E-state index is -0.314. The monoisotopic (exact) mass is 427 g/mol. The van der Waals surface area contributed by atoms with Crippen LogP contribution in [0.5, 0.6) is 0 Å². The Morgan fingerprint density at radius 3 is 1.90 bits per heavy atom. The molecule has 1 unspecified atom stereocenters. The SMILES string of the molecule is CC(CCCCCCCN(C)C(=O)CN(C)C(=O)CNC=O)N(C)C(=O)CNC=O. The second kappa shape index (κ2) is 16.2. The number of rotatable bonds is 17. The first-order valence-electron chi connectivity index (χ1n) is 10.3. The van der Waals surface area contributed by atoms with Crippen LogP contribution in [0.3, 0.4) is 0 Å². The third-order valence-corrected chi connectivity index (χ3v) is 5.07. The standard InChI is InChI=1S/C20H37N5O5/c1-17(25(4)19(29)13-22-16-27)10-8-6-5-7-9-11-23(2)20(30)14-24(3)18(28)12-21-15-26/h15-17H,5-14H2,1-4H3,(H,21,26)(H,22,27). The van der Waals surface area contributed by atoms with Crippen molar-refractivity contribution >= 4 is 30.5 Å². The molecule has 0 aromatic carbocycles. The van der Waals surface area contributed by atoms with Crippen LogP contribution in [0.15, 0.2) is 0 Å². The number of carbonyl (C=O) groups excluding carboxylic acids is 5. The van der Waals surface area contributed by atoms with Gasteiger partial charge in [-0.1, -0.05) is 25.7 Å². The highest BCUT2D eigenvalue weighted by atomic mass is 16.2. The van der Waals surface area contributed by atoms with Crippen molar-refractivity contribution in [2.45, 2.75) is 51.5 Å². The van der Waals surface area contributed by atoms with Gasteiger partial charge in [0.15, 0.2) is 0 Å². The van der Waals surface area contributed by atoms with E-state index >= 15 is 0 Å². The topological polar surface area (TPSA) is 119 Å². The summed E-state index contributed by atoms with van der Waals surface area (Å²) in [6, 6.07) is 0.121. The second-order valence-corrected chi connectivity index (χ2v) is 7.47. The Balaban J connectivity index is 3.88. The van der Waals surface area contributed by atoms with Gasteiger partial charge in [0.2, 0.25) is 30.5 Å². The van der Waals surface area contributed by atoms with E-state index in [1.54, 1.807) is 23.9 Å². The zero-order chi connectivity index (χ0) is 22.9. The third-order valence-electron chi connectivity index (χ3n) is 5.07. The van der Waals surface area contributed by atoms with Gasteiger partial charge in [0.1, 0.15) is 0 Å². The molecule has 0 saturated heterocycles. The number of hydrogen-bond donors (Lipinski definition) is 2. The molecule has 10 heteroatoms. The van der Waals surface area contributed by atoms with E-state index in [0.717, 1.165) is 38.5 Å². The maximum atomic E-state index is 12.1. The molecule has 1 atom stereocenters. The second-order valence-electron chi connectivity index (χ2n) is 7.47. The fourth-order valence-corrected chi connectivity index (χ4v) is 2.81. The minimum Gasteiger partial charge on any atom is -0.350 e. The van der Waals surface area contributed by atoms with E-state index in [0.29, 0.717) is 19.4 Å². The van der Waals surface area contributed by atoms with E-state index < -0.39 is 0 Å². The van der Waals surface area contributed by atoms with Gasteiger partial charge >= 0.3 is 0 Å². The Labute approximate surface area is 179 Å². The zero-order valence-electron chi connectivity index (χ0n) is 18.7. The molecule has 5 amide bonds. The van der Waals surface area contributed by atoms with E-state index in [2.05, 4.69) is 10.6 Å². The first-order valence-corrected chi connectivity index (χ1v) is 10.3. The molecule has 10 nitrogen and oxygen atoms in total. The van der Waals surface area contributed by atoms with Crippen LogP contribution in [0.1, 0.15) is 45.4 Å². The molecule has 0 spiro atoms. The lowest BCUT2D eigenvalue weighted by atomic mass is 10.1. The predicted octanol–water partition coefficient (Wildman–Crippen LogP) is -0.417. The molecule has 0 bridgehead atoms. The van der Waals surface area contributed by atoms with Gasteiger partial charge in [0, 0.05) is 33.7 Å². The summed E-state index contributed by atoms with van der Waals surface area (Å²) in [5.41, 5.74) is 0. The maximum Gasteiger partial charge on any atom is 0.242 e. The van der Waals surface area contributed by atoms with Gasteiger partial charge in [-0.3, -0.25) is 24.0 Å². The number of unbranched alkanes of at least 4 members (excludes halogenated alkanes) is 4. The van der Waals surface area contributed by atoms with Crippen LogP contribution >= 0.6 is 0 Å². The average Bonchev–Trinajstić information content (AvgIpc) is 2.73. The van der Waals surface area contributed by atoms with Crippen molar-refractivity contribution < 1.29 is 24.0 Å². The molecule has 0 rings (SSSR count).